The smallest absolute Gasteiger partial charge is 0.234 e. The van der Waals surface area contributed by atoms with Gasteiger partial charge in [0.25, 0.3) is 0 Å². The van der Waals surface area contributed by atoms with E-state index in [-0.39, 0.29) is 23.3 Å². The Hall–Kier alpha value is -2.35. The van der Waals surface area contributed by atoms with Gasteiger partial charge in [-0.15, -0.1) is 11.8 Å². The van der Waals surface area contributed by atoms with Crippen LogP contribution < -0.4 is 10.6 Å². The van der Waals surface area contributed by atoms with Crippen molar-refractivity contribution in [1.82, 2.24) is 15.5 Å². The number of hydrogen-bond acceptors (Lipinski definition) is 6. The molecule has 8 heteroatoms. The highest BCUT2D eigenvalue weighted by atomic mass is 32.2. The van der Waals surface area contributed by atoms with Gasteiger partial charge < -0.3 is 15.2 Å². The van der Waals surface area contributed by atoms with Gasteiger partial charge in [0.05, 0.1) is 11.5 Å². The number of rotatable bonds is 7. The number of aryl methyl sites for hydroxylation is 2. The Kier molecular flexibility index (Phi) is 7.30. The zero-order valence-electron chi connectivity index (χ0n) is 17.0. The van der Waals surface area contributed by atoms with Crippen molar-refractivity contribution in [1.29, 1.82) is 0 Å². The normalized spacial score (nSPS) is 16.1. The fourth-order valence-electron chi connectivity index (χ4n) is 3.60. The fraction of sp³-hybridized carbons (Fsp3) is 0.524. The monoisotopic (exact) mass is 416 g/mol. The van der Waals surface area contributed by atoms with Crippen LogP contribution in [0.15, 0.2) is 28.8 Å². The Morgan fingerprint density at radius 1 is 1.03 bits per heavy atom. The van der Waals surface area contributed by atoms with Crippen LogP contribution in [0.25, 0.3) is 0 Å². The van der Waals surface area contributed by atoms with E-state index >= 15 is 0 Å². The molecule has 1 aromatic carbocycles. The lowest BCUT2D eigenvalue weighted by molar-refractivity contribution is -0.121. The minimum absolute atomic E-state index is 0.109. The van der Waals surface area contributed by atoms with E-state index in [1.165, 1.54) is 11.8 Å². The Balaban J connectivity index is 1.52. The highest BCUT2D eigenvalue weighted by Gasteiger charge is 2.38. The van der Waals surface area contributed by atoms with E-state index in [1.54, 1.807) is 6.92 Å². The van der Waals surface area contributed by atoms with Crippen molar-refractivity contribution in [2.45, 2.75) is 57.9 Å². The van der Waals surface area contributed by atoms with Gasteiger partial charge in [-0.25, -0.2) is 0 Å². The summed E-state index contributed by atoms with van der Waals surface area (Å²) in [7, 11) is 0. The average Bonchev–Trinajstić information content (AvgIpc) is 2.99. The van der Waals surface area contributed by atoms with Gasteiger partial charge >= 0.3 is 0 Å². The Morgan fingerprint density at radius 2 is 1.69 bits per heavy atom. The third-order valence-corrected chi connectivity index (χ3v) is 6.03. The highest BCUT2D eigenvalue weighted by Crippen LogP contribution is 2.34. The third kappa shape index (κ3) is 6.06. The van der Waals surface area contributed by atoms with Crippen LogP contribution in [0.5, 0.6) is 0 Å². The van der Waals surface area contributed by atoms with Crippen LogP contribution in [0.1, 0.15) is 55.8 Å². The number of nitrogens with one attached hydrogen (secondary N) is 2. The standard InChI is InChI=1S/C21H28N4O3S/c1-15-7-9-17(10-8-15)23-18(26)13-29-14-19(27)24-21(11-5-3-4-6-12-21)20-22-16(2)28-25-20/h7-10H,3-6,11-14H2,1-2H3,(H,23,26)(H,24,27). The van der Waals surface area contributed by atoms with Crippen LogP contribution in [0.3, 0.4) is 0 Å². The summed E-state index contributed by atoms with van der Waals surface area (Å²) in [5.41, 5.74) is 1.32. The van der Waals surface area contributed by atoms with Gasteiger partial charge in [0.2, 0.25) is 17.7 Å². The maximum absolute atomic E-state index is 12.6. The Labute approximate surface area is 175 Å². The zero-order chi connectivity index (χ0) is 20.7. The molecule has 1 aromatic heterocycles. The zero-order valence-corrected chi connectivity index (χ0v) is 17.8. The van der Waals surface area contributed by atoms with Crippen molar-refractivity contribution >= 4 is 29.3 Å². The van der Waals surface area contributed by atoms with Crippen molar-refractivity contribution in [3.05, 3.63) is 41.5 Å². The van der Waals surface area contributed by atoms with E-state index in [9.17, 15) is 9.59 Å². The molecule has 1 aliphatic rings. The summed E-state index contributed by atoms with van der Waals surface area (Å²) < 4.78 is 5.17. The number of carbonyl (C=O) groups is 2. The van der Waals surface area contributed by atoms with Crippen molar-refractivity contribution in [2.24, 2.45) is 0 Å². The van der Waals surface area contributed by atoms with Crippen LogP contribution in [0, 0.1) is 13.8 Å². The lowest BCUT2D eigenvalue weighted by Gasteiger charge is -2.30. The largest absolute Gasteiger partial charge is 0.343 e. The molecule has 0 spiro atoms. The number of anilines is 1. The maximum Gasteiger partial charge on any atom is 0.234 e. The minimum atomic E-state index is -0.573. The van der Waals surface area contributed by atoms with Gasteiger partial charge in [0, 0.05) is 12.6 Å². The predicted molar refractivity (Wildman–Crippen MR) is 114 cm³/mol. The first-order valence-corrected chi connectivity index (χ1v) is 11.2. The molecule has 0 bridgehead atoms. The summed E-state index contributed by atoms with van der Waals surface area (Å²) >= 11 is 1.30. The number of hydrogen-bond donors (Lipinski definition) is 2. The van der Waals surface area contributed by atoms with Crippen LogP contribution in [-0.4, -0.2) is 33.5 Å². The van der Waals surface area contributed by atoms with E-state index in [2.05, 4.69) is 20.8 Å². The molecule has 0 aliphatic heterocycles. The fourth-order valence-corrected chi connectivity index (χ4v) is 4.22. The minimum Gasteiger partial charge on any atom is -0.343 e. The van der Waals surface area contributed by atoms with E-state index in [0.717, 1.165) is 49.8 Å². The molecule has 0 atom stereocenters. The topological polar surface area (TPSA) is 97.1 Å². The van der Waals surface area contributed by atoms with Crippen molar-refractivity contribution < 1.29 is 14.1 Å². The molecule has 2 N–H and O–H groups in total. The van der Waals surface area contributed by atoms with Gasteiger partial charge in [0.1, 0.15) is 5.54 Å². The lowest BCUT2D eigenvalue weighted by Crippen LogP contribution is -2.47. The quantitative estimate of drug-likeness (QED) is 0.668. The van der Waals surface area contributed by atoms with Crippen molar-refractivity contribution in [2.75, 3.05) is 16.8 Å². The second kappa shape index (κ2) is 9.91. The molecule has 1 heterocycles. The molecule has 7 nitrogen and oxygen atoms in total. The Bertz CT molecular complexity index is 827. The summed E-state index contributed by atoms with van der Waals surface area (Å²) in [6.07, 6.45) is 5.91. The molecular formula is C21H28N4O3S. The van der Waals surface area contributed by atoms with Crippen LogP contribution in [0.2, 0.25) is 0 Å². The molecule has 1 aliphatic carbocycles. The van der Waals surface area contributed by atoms with Crippen molar-refractivity contribution in [3.63, 3.8) is 0 Å². The Morgan fingerprint density at radius 3 is 2.31 bits per heavy atom. The van der Waals surface area contributed by atoms with E-state index < -0.39 is 5.54 Å². The summed E-state index contributed by atoms with van der Waals surface area (Å²) in [6.45, 7) is 3.75. The number of thioether (sulfide) groups is 1. The molecule has 0 unspecified atom stereocenters. The van der Waals surface area contributed by atoms with Crippen LogP contribution >= 0.6 is 11.8 Å². The summed E-state index contributed by atoms with van der Waals surface area (Å²) in [5, 5.41) is 10.1. The summed E-state index contributed by atoms with van der Waals surface area (Å²) in [5.74, 6) is 1.26. The van der Waals surface area contributed by atoms with E-state index in [0.29, 0.717) is 11.7 Å². The molecule has 29 heavy (non-hydrogen) atoms. The summed E-state index contributed by atoms with van der Waals surface area (Å²) in [4.78, 5) is 29.1. The number of benzene rings is 1. The second-order valence-corrected chi connectivity index (χ2v) is 8.57. The molecule has 1 saturated carbocycles. The first-order valence-electron chi connectivity index (χ1n) is 10.0. The van der Waals surface area contributed by atoms with Gasteiger partial charge in [-0.2, -0.15) is 4.98 Å². The first kappa shape index (κ1) is 21.4. The van der Waals surface area contributed by atoms with Crippen LogP contribution in [0.4, 0.5) is 5.69 Å². The van der Waals surface area contributed by atoms with Gasteiger partial charge in [-0.1, -0.05) is 48.5 Å². The molecule has 3 rings (SSSR count). The molecule has 2 amide bonds. The number of aromatic nitrogens is 2. The first-order chi connectivity index (χ1) is 14.0. The van der Waals surface area contributed by atoms with E-state index in [4.69, 9.17) is 4.52 Å². The average molecular weight is 417 g/mol. The SMILES string of the molecule is Cc1ccc(NC(=O)CSCC(=O)NC2(c3noc(C)n3)CCCCCC2)cc1. The molecule has 0 radical (unpaired) electrons. The lowest BCUT2D eigenvalue weighted by atomic mass is 9.89. The van der Waals surface area contributed by atoms with Crippen molar-refractivity contribution in [3.8, 4) is 0 Å². The van der Waals surface area contributed by atoms with Gasteiger partial charge in [-0.3, -0.25) is 9.59 Å². The predicted octanol–water partition coefficient (Wildman–Crippen LogP) is 3.72. The molecule has 2 aromatic rings. The highest BCUT2D eigenvalue weighted by molar-refractivity contribution is 8.00. The second-order valence-electron chi connectivity index (χ2n) is 7.59. The third-order valence-electron chi connectivity index (χ3n) is 5.09. The number of amides is 2. The maximum atomic E-state index is 12.6. The molecular weight excluding hydrogens is 388 g/mol. The summed E-state index contributed by atoms with van der Waals surface area (Å²) in [6, 6.07) is 7.63. The van der Waals surface area contributed by atoms with Gasteiger partial charge in [0.15, 0.2) is 5.82 Å². The molecule has 0 saturated heterocycles. The van der Waals surface area contributed by atoms with E-state index in [1.807, 2.05) is 31.2 Å². The number of carbonyl (C=O) groups excluding carboxylic acids is 2. The van der Waals surface area contributed by atoms with Crippen LogP contribution in [-0.2, 0) is 15.1 Å². The van der Waals surface area contributed by atoms with Gasteiger partial charge in [-0.05, 0) is 31.9 Å². The molecule has 156 valence electrons. The number of nitrogens with zero attached hydrogens (tertiary/aromatic N) is 2. The molecule has 1 fully saturated rings.